The van der Waals surface area contributed by atoms with Crippen LogP contribution in [0.1, 0.15) is 89.7 Å². The van der Waals surface area contributed by atoms with Gasteiger partial charge in [0, 0.05) is 82.8 Å². The van der Waals surface area contributed by atoms with Gasteiger partial charge in [-0.1, -0.05) is 55.1 Å². The summed E-state index contributed by atoms with van der Waals surface area (Å²) in [6.45, 7) is 5.33. The Morgan fingerprint density at radius 1 is 0.683 bits per heavy atom. The van der Waals surface area contributed by atoms with Crippen LogP contribution in [0.2, 0.25) is 10.0 Å². The van der Waals surface area contributed by atoms with Crippen LogP contribution in [0.5, 0.6) is 0 Å². The van der Waals surface area contributed by atoms with Gasteiger partial charge in [-0.2, -0.15) is 0 Å². The number of pyridine rings is 2. The standard InChI is InChI=1S/C27H32Br2ClN3O2.C19H19Br2ClN2O/c1-32-8-4-17(5-9-32)12-24(34)33-10-6-20(7-11-33)27(35)25-18(14-22(30)15-23(25)29)2-3-19-13-21(28)16-31-26(19)27;20-14-7-12-2-1-11-8-15(22)9-16(21)17(11)19(25,18(12)24-10-14)13-3-5-23-6-4-13/h13-17,20,35H,2-12H2,1H3;7-10,13,23,25H,1-6H2. The van der Waals surface area contributed by atoms with Gasteiger partial charge in [0.25, 0.3) is 0 Å². The fourth-order valence-corrected chi connectivity index (χ4v) is 13.6. The predicted octanol–water partition coefficient (Wildman–Crippen LogP) is 10.2. The van der Waals surface area contributed by atoms with E-state index in [9.17, 15) is 15.0 Å². The van der Waals surface area contributed by atoms with Crippen molar-refractivity contribution in [3.05, 3.63) is 121 Å². The van der Waals surface area contributed by atoms with Crippen LogP contribution in [0, 0.1) is 17.8 Å². The van der Waals surface area contributed by atoms with Crippen LogP contribution in [-0.2, 0) is 41.7 Å². The Morgan fingerprint density at radius 3 is 1.62 bits per heavy atom. The van der Waals surface area contributed by atoms with Crippen molar-refractivity contribution in [3.63, 3.8) is 0 Å². The summed E-state index contributed by atoms with van der Waals surface area (Å²) in [5, 5.41) is 29.5. The molecule has 3 saturated heterocycles. The van der Waals surface area contributed by atoms with Crippen molar-refractivity contribution in [2.75, 3.05) is 46.3 Å². The topological polar surface area (TPSA) is 102 Å². The highest BCUT2D eigenvalue weighted by atomic mass is 79.9. The highest BCUT2D eigenvalue weighted by molar-refractivity contribution is 9.11. The number of benzene rings is 2. The molecule has 2 aliphatic carbocycles. The third-order valence-corrected chi connectivity index (χ3v) is 16.2. The maximum absolute atomic E-state index is 13.1. The van der Waals surface area contributed by atoms with Crippen molar-refractivity contribution in [1.29, 1.82) is 0 Å². The molecule has 2 aromatic heterocycles. The molecule has 4 aromatic rings. The van der Waals surface area contributed by atoms with E-state index in [4.69, 9.17) is 33.2 Å². The van der Waals surface area contributed by atoms with Gasteiger partial charge in [0.2, 0.25) is 5.91 Å². The molecule has 5 aliphatic rings. The van der Waals surface area contributed by atoms with Gasteiger partial charge in [0.05, 0.1) is 11.4 Å². The summed E-state index contributed by atoms with van der Waals surface area (Å²) in [5.41, 5.74) is 5.33. The molecule has 3 fully saturated rings. The van der Waals surface area contributed by atoms with Gasteiger partial charge in [-0.3, -0.25) is 14.8 Å². The molecule has 1 amide bonds. The largest absolute Gasteiger partial charge is 0.378 e. The fraction of sp³-hybridized carbons (Fsp3) is 0.500. The summed E-state index contributed by atoms with van der Waals surface area (Å²) in [5.74, 6) is 0.832. The summed E-state index contributed by atoms with van der Waals surface area (Å²) in [6, 6.07) is 11.9. The number of rotatable bonds is 4. The van der Waals surface area contributed by atoms with Gasteiger partial charge in [0.1, 0.15) is 11.2 Å². The second-order valence-corrected chi connectivity index (χ2v) is 21.7. The average Bonchev–Trinajstić information content (AvgIpc) is 3.43. The Labute approximate surface area is 397 Å². The lowest BCUT2D eigenvalue weighted by molar-refractivity contribution is -0.135. The number of carbonyl (C=O) groups excluding carboxylic acids is 1. The van der Waals surface area contributed by atoms with Crippen molar-refractivity contribution >= 4 is 92.8 Å². The summed E-state index contributed by atoms with van der Waals surface area (Å²) in [4.78, 5) is 26.9. The van der Waals surface area contributed by atoms with Crippen molar-refractivity contribution in [2.45, 2.75) is 81.8 Å². The third-order valence-electron chi connectivity index (χ3n) is 13.6. The molecular weight excluding hydrogens is 1060 g/mol. The van der Waals surface area contributed by atoms with Crippen molar-refractivity contribution in [1.82, 2.24) is 25.1 Å². The predicted molar refractivity (Wildman–Crippen MR) is 253 cm³/mol. The van der Waals surface area contributed by atoms with Crippen molar-refractivity contribution < 1.29 is 15.0 Å². The lowest BCUT2D eigenvalue weighted by atomic mass is 9.72. The zero-order valence-corrected chi connectivity index (χ0v) is 41.6. The van der Waals surface area contributed by atoms with Gasteiger partial charge in [-0.25, -0.2) is 0 Å². The number of nitrogens with zero attached hydrogens (tertiary/aromatic N) is 4. The Hall–Kier alpha value is -1.45. The molecule has 2 aromatic carbocycles. The number of hydrogen-bond acceptors (Lipinski definition) is 7. The van der Waals surface area contributed by atoms with Crippen LogP contribution in [0.4, 0.5) is 0 Å². The van der Waals surface area contributed by atoms with E-state index in [-0.39, 0.29) is 17.7 Å². The first kappa shape index (κ1) is 45.1. The van der Waals surface area contributed by atoms with E-state index in [0.29, 0.717) is 35.5 Å². The van der Waals surface area contributed by atoms with Crippen LogP contribution in [0.15, 0.2) is 66.7 Å². The van der Waals surface area contributed by atoms with Crippen molar-refractivity contribution in [3.8, 4) is 0 Å². The number of nitrogens with one attached hydrogen (secondary N) is 1. The van der Waals surface area contributed by atoms with Crippen LogP contribution >= 0.6 is 86.9 Å². The van der Waals surface area contributed by atoms with Crippen LogP contribution < -0.4 is 5.32 Å². The molecule has 3 aliphatic heterocycles. The first-order valence-electron chi connectivity index (χ1n) is 21.1. The number of carbonyl (C=O) groups is 1. The molecule has 0 bridgehead atoms. The van der Waals surface area contributed by atoms with Crippen LogP contribution in [-0.4, -0.2) is 82.2 Å². The molecule has 0 spiro atoms. The highest BCUT2D eigenvalue weighted by Crippen LogP contribution is 2.50. The number of piperidine rings is 3. The van der Waals surface area contributed by atoms with Gasteiger partial charge in [0.15, 0.2) is 0 Å². The normalized spacial score (nSPS) is 23.9. The number of aromatic nitrogens is 2. The first-order chi connectivity index (χ1) is 28.7. The Bertz CT molecular complexity index is 2250. The minimum Gasteiger partial charge on any atom is -0.378 e. The monoisotopic (exact) mass is 1110 g/mol. The molecule has 14 heteroatoms. The minimum atomic E-state index is -1.24. The lowest BCUT2D eigenvalue weighted by Crippen LogP contribution is -2.47. The zero-order valence-electron chi connectivity index (χ0n) is 33.7. The van der Waals surface area contributed by atoms with Gasteiger partial charge in [-0.05, 0) is 194 Å². The summed E-state index contributed by atoms with van der Waals surface area (Å²) in [7, 11) is 2.15. The zero-order chi connectivity index (χ0) is 42.3. The van der Waals surface area contributed by atoms with E-state index < -0.39 is 11.2 Å². The van der Waals surface area contributed by atoms with Gasteiger partial charge < -0.3 is 25.3 Å². The maximum Gasteiger partial charge on any atom is 0.222 e. The fourth-order valence-electron chi connectivity index (χ4n) is 10.5. The minimum absolute atomic E-state index is 0.0448. The second kappa shape index (κ2) is 18.9. The number of amides is 1. The number of fused-ring (bicyclic) bond motifs is 4. The van der Waals surface area contributed by atoms with E-state index >= 15 is 0 Å². The summed E-state index contributed by atoms with van der Waals surface area (Å²) in [6.07, 6.45) is 13.0. The number of aliphatic hydroxyl groups is 2. The molecule has 5 heterocycles. The number of hydrogen-bond donors (Lipinski definition) is 3. The molecular formula is C46H51Br4Cl2N5O3. The lowest BCUT2D eigenvalue weighted by Gasteiger charge is -2.43. The Morgan fingerprint density at radius 2 is 1.13 bits per heavy atom. The first-order valence-corrected chi connectivity index (χ1v) is 25.1. The molecule has 2 atom stereocenters. The molecule has 0 saturated carbocycles. The highest BCUT2D eigenvalue weighted by Gasteiger charge is 2.49. The number of halogens is 6. The third kappa shape index (κ3) is 9.09. The molecule has 9 rings (SSSR count). The quantitative estimate of drug-likeness (QED) is 0.187. The maximum atomic E-state index is 13.1. The summed E-state index contributed by atoms with van der Waals surface area (Å²) >= 11 is 27.2. The molecule has 3 N–H and O–H groups in total. The van der Waals surface area contributed by atoms with E-state index in [0.717, 1.165) is 153 Å². The molecule has 60 heavy (non-hydrogen) atoms. The van der Waals surface area contributed by atoms with Gasteiger partial charge >= 0.3 is 0 Å². The molecule has 320 valence electrons. The van der Waals surface area contributed by atoms with Crippen molar-refractivity contribution in [2.24, 2.45) is 17.8 Å². The van der Waals surface area contributed by atoms with E-state index in [1.165, 1.54) is 0 Å². The van der Waals surface area contributed by atoms with Crippen LogP contribution in [0.3, 0.4) is 0 Å². The molecule has 8 nitrogen and oxygen atoms in total. The summed E-state index contributed by atoms with van der Waals surface area (Å²) < 4.78 is 3.55. The Kier molecular flexibility index (Phi) is 14.3. The van der Waals surface area contributed by atoms with Gasteiger partial charge in [-0.15, -0.1) is 0 Å². The Balaban J connectivity index is 0.000000176. The second-order valence-electron chi connectivity index (χ2n) is 17.3. The smallest absolute Gasteiger partial charge is 0.222 e. The molecule has 0 radical (unpaired) electrons. The van der Waals surface area contributed by atoms with Crippen LogP contribution in [0.25, 0.3) is 0 Å². The average molecular weight is 1110 g/mol. The SMILES string of the molecule is CN1CCC(CC(=O)N2CCC(C3(O)c4ncc(Br)cc4CCc4cc(Cl)cc(Br)c43)CC2)CC1.OC1(C2CCNCC2)c2ncc(Br)cc2CCc2cc(Cl)cc(Br)c21. The number of likely N-dealkylation sites (tertiary alicyclic amines) is 2. The van der Waals surface area contributed by atoms with E-state index in [1.54, 1.807) is 12.4 Å². The van der Waals surface area contributed by atoms with E-state index in [1.807, 2.05) is 29.2 Å². The number of aryl methyl sites for hydroxylation is 4. The van der Waals surface area contributed by atoms with E-state index in [2.05, 4.69) is 93.1 Å². The molecule has 2 unspecified atom stereocenters.